The lowest BCUT2D eigenvalue weighted by Gasteiger charge is -2.15. The largest absolute Gasteiger partial charge is 0.457 e. The first kappa shape index (κ1) is 12.7. The third-order valence-corrected chi connectivity index (χ3v) is 2.98. The van der Waals surface area contributed by atoms with Gasteiger partial charge >= 0.3 is 0 Å². The molecular formula is C16H18O2. The third kappa shape index (κ3) is 2.71. The number of para-hydroxylation sites is 2. The Hall–Kier alpha value is -1.80. The molecule has 2 heteroatoms. The van der Waals surface area contributed by atoms with Crippen molar-refractivity contribution in [2.75, 3.05) is 0 Å². The average molecular weight is 242 g/mol. The highest BCUT2D eigenvalue weighted by molar-refractivity contribution is 5.41. The van der Waals surface area contributed by atoms with E-state index in [0.29, 0.717) is 6.42 Å². The third-order valence-electron chi connectivity index (χ3n) is 2.98. The van der Waals surface area contributed by atoms with E-state index in [0.717, 1.165) is 22.6 Å². The standard InChI is InChI=1S/C16H18O2/c1-3-14(17)13-9-5-7-11-16(13)18-15-10-6-4-8-12(15)2/h4-11,14,17H,3H2,1-2H3/t14-/m1/s1. The minimum absolute atomic E-state index is 0.481. The van der Waals surface area contributed by atoms with Crippen molar-refractivity contribution in [3.63, 3.8) is 0 Å². The maximum atomic E-state index is 9.98. The maximum Gasteiger partial charge on any atom is 0.133 e. The normalized spacial score (nSPS) is 12.2. The van der Waals surface area contributed by atoms with Gasteiger partial charge in [0, 0.05) is 5.56 Å². The number of hydrogen-bond donors (Lipinski definition) is 1. The molecule has 0 aliphatic rings. The highest BCUT2D eigenvalue weighted by atomic mass is 16.5. The Morgan fingerprint density at radius 2 is 1.61 bits per heavy atom. The molecule has 0 saturated carbocycles. The Balaban J connectivity index is 2.32. The number of rotatable bonds is 4. The van der Waals surface area contributed by atoms with Crippen LogP contribution in [0.15, 0.2) is 48.5 Å². The molecule has 0 aromatic heterocycles. The minimum Gasteiger partial charge on any atom is -0.457 e. The van der Waals surface area contributed by atoms with Crippen LogP contribution < -0.4 is 4.74 Å². The zero-order valence-electron chi connectivity index (χ0n) is 10.8. The lowest BCUT2D eigenvalue weighted by Crippen LogP contribution is -1.99. The number of ether oxygens (including phenoxy) is 1. The minimum atomic E-state index is -0.481. The number of benzene rings is 2. The van der Waals surface area contributed by atoms with E-state index in [1.54, 1.807) is 0 Å². The molecule has 2 rings (SSSR count). The molecule has 0 heterocycles. The molecule has 18 heavy (non-hydrogen) atoms. The van der Waals surface area contributed by atoms with Crippen molar-refractivity contribution in [2.24, 2.45) is 0 Å². The summed E-state index contributed by atoms with van der Waals surface area (Å²) < 4.78 is 5.90. The van der Waals surface area contributed by atoms with Gasteiger partial charge in [0.05, 0.1) is 6.10 Å². The Morgan fingerprint density at radius 1 is 1.00 bits per heavy atom. The maximum absolute atomic E-state index is 9.98. The second-order valence-electron chi connectivity index (χ2n) is 4.33. The molecule has 0 spiro atoms. The van der Waals surface area contributed by atoms with Gasteiger partial charge in [-0.15, -0.1) is 0 Å². The fourth-order valence-corrected chi connectivity index (χ4v) is 1.86. The molecule has 1 atom stereocenters. The first-order valence-corrected chi connectivity index (χ1v) is 6.23. The second kappa shape index (κ2) is 5.69. The first-order chi connectivity index (χ1) is 8.72. The van der Waals surface area contributed by atoms with Crippen LogP contribution in [0.25, 0.3) is 0 Å². The molecule has 0 saturated heterocycles. The van der Waals surface area contributed by atoms with E-state index < -0.39 is 6.10 Å². The zero-order valence-corrected chi connectivity index (χ0v) is 10.8. The van der Waals surface area contributed by atoms with Crippen LogP contribution in [-0.4, -0.2) is 5.11 Å². The van der Waals surface area contributed by atoms with Crippen LogP contribution in [0.2, 0.25) is 0 Å². The molecule has 2 aromatic carbocycles. The smallest absolute Gasteiger partial charge is 0.133 e. The van der Waals surface area contributed by atoms with Gasteiger partial charge < -0.3 is 9.84 Å². The molecule has 0 amide bonds. The van der Waals surface area contributed by atoms with Crippen LogP contribution >= 0.6 is 0 Å². The Morgan fingerprint density at radius 3 is 2.28 bits per heavy atom. The van der Waals surface area contributed by atoms with Crippen molar-refractivity contribution in [1.82, 2.24) is 0 Å². The molecular weight excluding hydrogens is 224 g/mol. The highest BCUT2D eigenvalue weighted by Gasteiger charge is 2.12. The van der Waals surface area contributed by atoms with Gasteiger partial charge in [0.2, 0.25) is 0 Å². The SMILES string of the molecule is CC[C@@H](O)c1ccccc1Oc1ccccc1C. The highest BCUT2D eigenvalue weighted by Crippen LogP contribution is 2.32. The van der Waals surface area contributed by atoms with Crippen molar-refractivity contribution >= 4 is 0 Å². The molecule has 0 radical (unpaired) electrons. The Kier molecular flexibility index (Phi) is 4.00. The fourth-order valence-electron chi connectivity index (χ4n) is 1.86. The van der Waals surface area contributed by atoms with Gasteiger partial charge in [0.25, 0.3) is 0 Å². The van der Waals surface area contributed by atoms with E-state index >= 15 is 0 Å². The van der Waals surface area contributed by atoms with Crippen LogP contribution in [0.4, 0.5) is 0 Å². The lowest BCUT2D eigenvalue weighted by molar-refractivity contribution is 0.170. The summed E-state index contributed by atoms with van der Waals surface area (Å²) in [4.78, 5) is 0. The molecule has 2 nitrogen and oxygen atoms in total. The van der Waals surface area contributed by atoms with Gasteiger partial charge in [-0.1, -0.05) is 43.3 Å². The van der Waals surface area contributed by atoms with Gasteiger partial charge in [-0.05, 0) is 31.0 Å². The summed E-state index contributed by atoms with van der Waals surface area (Å²) in [6, 6.07) is 15.5. The first-order valence-electron chi connectivity index (χ1n) is 6.23. The fraction of sp³-hybridized carbons (Fsp3) is 0.250. The molecule has 0 fully saturated rings. The summed E-state index contributed by atoms with van der Waals surface area (Å²) in [6.07, 6.45) is 0.193. The predicted octanol–water partition coefficient (Wildman–Crippen LogP) is 4.23. The summed E-state index contributed by atoms with van der Waals surface area (Å²) in [5, 5.41) is 9.98. The van der Waals surface area contributed by atoms with Crippen LogP contribution in [0.3, 0.4) is 0 Å². The summed E-state index contributed by atoms with van der Waals surface area (Å²) in [5.41, 5.74) is 1.92. The van der Waals surface area contributed by atoms with Crippen LogP contribution in [0.5, 0.6) is 11.5 Å². The number of hydrogen-bond acceptors (Lipinski definition) is 2. The van der Waals surface area contributed by atoms with Gasteiger partial charge in [-0.3, -0.25) is 0 Å². The van der Waals surface area contributed by atoms with E-state index in [2.05, 4.69) is 0 Å². The van der Waals surface area contributed by atoms with Gasteiger partial charge in [0.15, 0.2) is 0 Å². The zero-order chi connectivity index (χ0) is 13.0. The predicted molar refractivity (Wildman–Crippen MR) is 72.9 cm³/mol. The molecule has 2 aromatic rings. The van der Waals surface area contributed by atoms with E-state index in [-0.39, 0.29) is 0 Å². The summed E-state index contributed by atoms with van der Waals surface area (Å²) >= 11 is 0. The number of aliphatic hydroxyl groups excluding tert-OH is 1. The van der Waals surface area contributed by atoms with Crippen molar-refractivity contribution in [2.45, 2.75) is 26.4 Å². The average Bonchev–Trinajstić information content (AvgIpc) is 2.41. The molecule has 0 aliphatic carbocycles. The summed E-state index contributed by atoms with van der Waals surface area (Å²) in [6.45, 7) is 3.96. The van der Waals surface area contributed by atoms with Crippen LogP contribution in [0, 0.1) is 6.92 Å². The Bertz CT molecular complexity index is 520. The molecule has 0 bridgehead atoms. The molecule has 0 aliphatic heterocycles. The second-order valence-corrected chi connectivity index (χ2v) is 4.33. The number of aryl methyl sites for hydroxylation is 1. The van der Waals surface area contributed by atoms with Crippen molar-refractivity contribution in [3.05, 3.63) is 59.7 Å². The van der Waals surface area contributed by atoms with Gasteiger partial charge in [0.1, 0.15) is 11.5 Å². The van der Waals surface area contributed by atoms with Crippen molar-refractivity contribution in [1.29, 1.82) is 0 Å². The van der Waals surface area contributed by atoms with E-state index in [1.807, 2.05) is 62.4 Å². The topological polar surface area (TPSA) is 29.5 Å². The molecule has 94 valence electrons. The van der Waals surface area contributed by atoms with Crippen molar-refractivity contribution in [3.8, 4) is 11.5 Å². The lowest BCUT2D eigenvalue weighted by atomic mass is 10.1. The van der Waals surface area contributed by atoms with Crippen LogP contribution in [0.1, 0.15) is 30.6 Å². The monoisotopic (exact) mass is 242 g/mol. The molecule has 1 N–H and O–H groups in total. The summed E-state index contributed by atoms with van der Waals surface area (Å²) in [7, 11) is 0. The summed E-state index contributed by atoms with van der Waals surface area (Å²) in [5.74, 6) is 1.55. The van der Waals surface area contributed by atoms with E-state index in [9.17, 15) is 5.11 Å². The van der Waals surface area contributed by atoms with Crippen LogP contribution in [-0.2, 0) is 0 Å². The molecule has 0 unspecified atom stereocenters. The van der Waals surface area contributed by atoms with Gasteiger partial charge in [-0.2, -0.15) is 0 Å². The van der Waals surface area contributed by atoms with E-state index in [1.165, 1.54) is 0 Å². The number of aliphatic hydroxyl groups is 1. The van der Waals surface area contributed by atoms with Gasteiger partial charge in [-0.25, -0.2) is 0 Å². The van der Waals surface area contributed by atoms with E-state index in [4.69, 9.17) is 4.74 Å². The quantitative estimate of drug-likeness (QED) is 0.869. The Labute approximate surface area is 108 Å². The van der Waals surface area contributed by atoms with Crippen molar-refractivity contribution < 1.29 is 9.84 Å².